The van der Waals surface area contributed by atoms with E-state index in [1.54, 1.807) is 25.3 Å². The number of halogens is 2. The molecule has 0 fully saturated rings. The highest BCUT2D eigenvalue weighted by molar-refractivity contribution is 6.31. The molecule has 106 valence electrons. The number of ether oxygens (including phenoxy) is 1. The van der Waals surface area contributed by atoms with Crippen molar-refractivity contribution in [2.75, 3.05) is 12.3 Å². The van der Waals surface area contributed by atoms with Gasteiger partial charge in [0.15, 0.2) is 5.69 Å². The fourth-order valence-electron chi connectivity index (χ4n) is 1.91. The number of carbonyl (C=O) groups excluding carboxylic acids is 1. The van der Waals surface area contributed by atoms with Crippen LogP contribution in [0.3, 0.4) is 0 Å². The number of nitrogens with two attached hydrogens (primary N) is 1. The van der Waals surface area contributed by atoms with E-state index < -0.39 is 11.8 Å². The first-order valence-electron chi connectivity index (χ1n) is 6.09. The van der Waals surface area contributed by atoms with E-state index in [2.05, 4.69) is 0 Å². The van der Waals surface area contributed by atoms with Gasteiger partial charge in [0.2, 0.25) is 0 Å². The van der Waals surface area contributed by atoms with Crippen molar-refractivity contribution in [2.45, 2.75) is 13.5 Å². The number of carbonyl (C=O) groups is 1. The summed E-state index contributed by atoms with van der Waals surface area (Å²) in [6, 6.07) is 6.01. The molecule has 20 heavy (non-hydrogen) atoms. The molecule has 0 aliphatic carbocycles. The van der Waals surface area contributed by atoms with Crippen molar-refractivity contribution in [1.82, 2.24) is 4.57 Å². The minimum Gasteiger partial charge on any atom is -0.461 e. The van der Waals surface area contributed by atoms with E-state index in [1.165, 1.54) is 16.7 Å². The third-order valence-electron chi connectivity index (χ3n) is 2.85. The molecule has 0 aliphatic rings. The monoisotopic (exact) mass is 296 g/mol. The Morgan fingerprint density at radius 1 is 1.45 bits per heavy atom. The molecular weight excluding hydrogens is 283 g/mol. The highest BCUT2D eigenvalue weighted by atomic mass is 35.5. The van der Waals surface area contributed by atoms with Gasteiger partial charge in [-0.25, -0.2) is 9.18 Å². The molecule has 0 amide bonds. The van der Waals surface area contributed by atoms with Crippen molar-refractivity contribution in [3.05, 3.63) is 52.6 Å². The fourth-order valence-corrected chi connectivity index (χ4v) is 2.13. The SMILES string of the molecule is CCOC(=O)c1c(N)ccn1Cc1c(F)cccc1Cl. The van der Waals surface area contributed by atoms with Crippen LogP contribution in [0.5, 0.6) is 0 Å². The lowest BCUT2D eigenvalue weighted by Gasteiger charge is -2.11. The summed E-state index contributed by atoms with van der Waals surface area (Å²) in [5, 5.41) is 0.298. The molecule has 1 heterocycles. The van der Waals surface area contributed by atoms with E-state index in [4.69, 9.17) is 22.1 Å². The second-order valence-corrected chi connectivity index (χ2v) is 4.58. The quantitative estimate of drug-likeness (QED) is 0.882. The highest BCUT2D eigenvalue weighted by Gasteiger charge is 2.18. The normalized spacial score (nSPS) is 10.6. The van der Waals surface area contributed by atoms with Crippen LogP contribution in [0, 0.1) is 5.82 Å². The first-order chi connectivity index (χ1) is 9.54. The van der Waals surface area contributed by atoms with Crippen LogP contribution in [0.4, 0.5) is 10.1 Å². The first kappa shape index (κ1) is 14.4. The van der Waals surface area contributed by atoms with E-state index in [-0.39, 0.29) is 24.5 Å². The molecule has 1 aromatic heterocycles. The summed E-state index contributed by atoms with van der Waals surface area (Å²) in [7, 11) is 0. The molecule has 1 aromatic carbocycles. The Morgan fingerprint density at radius 3 is 2.85 bits per heavy atom. The summed E-state index contributed by atoms with van der Waals surface area (Å²) in [6.07, 6.45) is 1.60. The number of anilines is 1. The zero-order valence-electron chi connectivity index (χ0n) is 10.9. The second kappa shape index (κ2) is 5.96. The lowest BCUT2D eigenvalue weighted by molar-refractivity contribution is 0.0515. The van der Waals surface area contributed by atoms with Crippen molar-refractivity contribution in [2.24, 2.45) is 0 Å². The molecular formula is C14H14ClFN2O2. The Bertz CT molecular complexity index is 620. The molecule has 0 saturated heterocycles. The zero-order valence-corrected chi connectivity index (χ0v) is 11.7. The molecule has 6 heteroatoms. The predicted octanol–water partition coefficient (Wildman–Crippen LogP) is 3.09. The van der Waals surface area contributed by atoms with Gasteiger partial charge in [0.05, 0.1) is 18.8 Å². The zero-order chi connectivity index (χ0) is 14.7. The molecule has 2 rings (SSSR count). The summed E-state index contributed by atoms with van der Waals surface area (Å²) in [5.41, 5.74) is 6.54. The smallest absolute Gasteiger partial charge is 0.357 e. The van der Waals surface area contributed by atoms with E-state index in [0.29, 0.717) is 10.6 Å². The van der Waals surface area contributed by atoms with Crippen LogP contribution in [0.1, 0.15) is 23.0 Å². The van der Waals surface area contributed by atoms with Crippen LogP contribution in [0.15, 0.2) is 30.5 Å². The van der Waals surface area contributed by atoms with Gasteiger partial charge in [-0.2, -0.15) is 0 Å². The number of nitrogens with zero attached hydrogens (tertiary/aromatic N) is 1. The van der Waals surface area contributed by atoms with Crippen LogP contribution in [0.2, 0.25) is 5.02 Å². The molecule has 0 spiro atoms. The Hall–Kier alpha value is -2.01. The Morgan fingerprint density at radius 2 is 2.20 bits per heavy atom. The molecule has 0 aliphatic heterocycles. The molecule has 0 bridgehead atoms. The van der Waals surface area contributed by atoms with Crippen molar-refractivity contribution in [3.8, 4) is 0 Å². The summed E-state index contributed by atoms with van der Waals surface area (Å²) < 4.78 is 20.2. The van der Waals surface area contributed by atoms with Crippen LogP contribution in [-0.2, 0) is 11.3 Å². The summed E-state index contributed by atoms with van der Waals surface area (Å²) in [4.78, 5) is 11.9. The molecule has 0 radical (unpaired) electrons. The lowest BCUT2D eigenvalue weighted by atomic mass is 10.2. The van der Waals surface area contributed by atoms with Crippen molar-refractivity contribution < 1.29 is 13.9 Å². The molecule has 0 atom stereocenters. The van der Waals surface area contributed by atoms with Gasteiger partial charge in [0.25, 0.3) is 0 Å². The van der Waals surface area contributed by atoms with Gasteiger partial charge < -0.3 is 15.0 Å². The average Bonchev–Trinajstić information content (AvgIpc) is 2.75. The summed E-state index contributed by atoms with van der Waals surface area (Å²) >= 11 is 5.98. The van der Waals surface area contributed by atoms with Crippen molar-refractivity contribution in [3.63, 3.8) is 0 Å². The van der Waals surface area contributed by atoms with Gasteiger partial charge >= 0.3 is 5.97 Å². The Balaban J connectivity index is 2.38. The Labute approximate surface area is 120 Å². The van der Waals surface area contributed by atoms with Gasteiger partial charge in [-0.1, -0.05) is 17.7 Å². The van der Waals surface area contributed by atoms with Gasteiger partial charge in [-0.15, -0.1) is 0 Å². The summed E-state index contributed by atoms with van der Waals surface area (Å²) in [6.45, 7) is 2.05. The standard InChI is InChI=1S/C14H14ClFN2O2/c1-2-20-14(19)13-12(17)6-7-18(13)8-9-10(15)4-3-5-11(9)16/h3-7H,2,8,17H2,1H3. The van der Waals surface area contributed by atoms with Crippen LogP contribution in [-0.4, -0.2) is 17.1 Å². The number of nitrogen functional groups attached to an aromatic ring is 1. The molecule has 2 aromatic rings. The average molecular weight is 297 g/mol. The molecule has 0 saturated carbocycles. The minimum atomic E-state index is -0.539. The van der Waals surface area contributed by atoms with E-state index in [9.17, 15) is 9.18 Å². The number of esters is 1. The maximum atomic E-state index is 13.8. The molecule has 0 unspecified atom stereocenters. The first-order valence-corrected chi connectivity index (χ1v) is 6.47. The topological polar surface area (TPSA) is 57.2 Å². The third-order valence-corrected chi connectivity index (χ3v) is 3.21. The lowest BCUT2D eigenvalue weighted by Crippen LogP contribution is -2.15. The fraction of sp³-hybridized carbons (Fsp3) is 0.214. The van der Waals surface area contributed by atoms with Gasteiger partial charge in [0.1, 0.15) is 5.82 Å². The number of hydrogen-bond donors (Lipinski definition) is 1. The van der Waals surface area contributed by atoms with E-state index >= 15 is 0 Å². The number of hydrogen-bond acceptors (Lipinski definition) is 3. The minimum absolute atomic E-state index is 0.108. The van der Waals surface area contributed by atoms with Crippen LogP contribution < -0.4 is 5.73 Å². The second-order valence-electron chi connectivity index (χ2n) is 4.17. The predicted molar refractivity (Wildman–Crippen MR) is 75.3 cm³/mol. The Kier molecular flexibility index (Phi) is 4.29. The van der Waals surface area contributed by atoms with Crippen molar-refractivity contribution >= 4 is 23.3 Å². The summed E-state index contributed by atoms with van der Waals surface area (Å²) in [5.74, 6) is -0.970. The number of rotatable bonds is 4. The van der Waals surface area contributed by atoms with Crippen LogP contribution in [0.25, 0.3) is 0 Å². The van der Waals surface area contributed by atoms with Crippen molar-refractivity contribution in [1.29, 1.82) is 0 Å². The van der Waals surface area contributed by atoms with Gasteiger partial charge in [0, 0.05) is 16.8 Å². The van der Waals surface area contributed by atoms with Gasteiger partial charge in [-0.05, 0) is 25.1 Å². The van der Waals surface area contributed by atoms with E-state index in [0.717, 1.165) is 0 Å². The number of aromatic nitrogens is 1. The highest BCUT2D eigenvalue weighted by Crippen LogP contribution is 2.23. The maximum absolute atomic E-state index is 13.8. The van der Waals surface area contributed by atoms with E-state index in [1.807, 2.05) is 0 Å². The largest absolute Gasteiger partial charge is 0.461 e. The van der Waals surface area contributed by atoms with Gasteiger partial charge in [-0.3, -0.25) is 0 Å². The number of benzene rings is 1. The van der Waals surface area contributed by atoms with Crippen LogP contribution >= 0.6 is 11.6 Å². The third kappa shape index (κ3) is 2.77. The molecule has 4 nitrogen and oxygen atoms in total. The molecule has 2 N–H and O–H groups in total. The maximum Gasteiger partial charge on any atom is 0.357 e.